The summed E-state index contributed by atoms with van der Waals surface area (Å²) in [4.78, 5) is 0. The molecule has 0 aromatic rings. The minimum atomic E-state index is -0.178. The fraction of sp³-hybridized carbons (Fsp3) is 1.00. The first-order valence-corrected chi connectivity index (χ1v) is 3.41. The van der Waals surface area contributed by atoms with Crippen LogP contribution < -0.4 is 0 Å². The summed E-state index contributed by atoms with van der Waals surface area (Å²) in [5, 5.41) is 0. The average molecular weight is 135 g/mol. The van der Waals surface area contributed by atoms with Gasteiger partial charge in [0.2, 0.25) is 0 Å². The van der Waals surface area contributed by atoms with E-state index in [1.807, 2.05) is 13.8 Å². The van der Waals surface area contributed by atoms with Gasteiger partial charge in [-0.1, -0.05) is 0 Å². The minimum absolute atomic E-state index is 0. The number of rotatable bonds is 4. The first-order valence-electron chi connectivity index (χ1n) is 2.46. The lowest BCUT2D eigenvalue weighted by Gasteiger charge is -1.95. The molecular formula is C4H12AlO3. The van der Waals surface area contributed by atoms with Crippen molar-refractivity contribution in [2.45, 2.75) is 13.8 Å². The standard InChI is InChI=1S/2C2H5O.Al.H2O/c2*1-2-3;;/h2*2H2,1H3;;1H2/q2*-1;+2;. The molecular weight excluding hydrogens is 123 g/mol. The Kier molecular flexibility index (Phi) is 14.6. The Morgan fingerprint density at radius 1 is 1.12 bits per heavy atom. The van der Waals surface area contributed by atoms with Crippen molar-refractivity contribution >= 4 is 15.9 Å². The molecule has 0 spiro atoms. The van der Waals surface area contributed by atoms with Crippen molar-refractivity contribution in [3.63, 3.8) is 0 Å². The molecule has 0 aliphatic carbocycles. The van der Waals surface area contributed by atoms with Crippen molar-refractivity contribution in [2.24, 2.45) is 0 Å². The highest BCUT2D eigenvalue weighted by Gasteiger charge is 1.89. The van der Waals surface area contributed by atoms with Crippen LogP contribution >= 0.6 is 0 Å². The zero-order chi connectivity index (χ0) is 5.54. The van der Waals surface area contributed by atoms with Crippen LogP contribution in [0, 0.1) is 0 Å². The van der Waals surface area contributed by atoms with E-state index in [1.165, 1.54) is 0 Å². The van der Waals surface area contributed by atoms with E-state index in [2.05, 4.69) is 0 Å². The van der Waals surface area contributed by atoms with E-state index in [-0.39, 0.29) is 21.4 Å². The van der Waals surface area contributed by atoms with Gasteiger partial charge >= 0.3 is 15.9 Å². The predicted molar refractivity (Wildman–Crippen MR) is 32.6 cm³/mol. The topological polar surface area (TPSA) is 50.0 Å². The molecule has 0 aromatic carbocycles. The van der Waals surface area contributed by atoms with Gasteiger partial charge in [0.1, 0.15) is 0 Å². The Balaban J connectivity index is 0. The lowest BCUT2D eigenvalue weighted by molar-refractivity contribution is 0.240. The van der Waals surface area contributed by atoms with E-state index in [9.17, 15) is 0 Å². The first-order chi connectivity index (χ1) is 3.41. The van der Waals surface area contributed by atoms with Crippen LogP contribution in [-0.4, -0.2) is 34.6 Å². The molecule has 0 bridgehead atoms. The molecule has 0 saturated heterocycles. The van der Waals surface area contributed by atoms with Crippen LogP contribution in [0.4, 0.5) is 0 Å². The fourth-order valence-corrected chi connectivity index (χ4v) is 0.553. The van der Waals surface area contributed by atoms with E-state index in [4.69, 9.17) is 7.58 Å². The summed E-state index contributed by atoms with van der Waals surface area (Å²) in [6, 6.07) is 0. The van der Waals surface area contributed by atoms with Gasteiger partial charge in [-0.2, -0.15) is 0 Å². The van der Waals surface area contributed by atoms with Crippen LogP contribution in [0.5, 0.6) is 0 Å². The highest BCUT2D eigenvalue weighted by molar-refractivity contribution is 6.17. The third kappa shape index (κ3) is 9.65. The molecule has 49 valence electrons. The molecule has 0 fully saturated rings. The first kappa shape index (κ1) is 11.2. The van der Waals surface area contributed by atoms with Gasteiger partial charge in [-0.15, -0.1) is 0 Å². The quantitative estimate of drug-likeness (QED) is 0.395. The maximum atomic E-state index is 4.94. The molecule has 0 heterocycles. The summed E-state index contributed by atoms with van der Waals surface area (Å²) in [6.45, 7) is 5.47. The maximum absolute atomic E-state index is 4.94. The minimum Gasteiger partial charge on any atom is -0.484 e. The number of hydrogen-bond donors (Lipinski definition) is 0. The molecule has 0 saturated carbocycles. The van der Waals surface area contributed by atoms with E-state index >= 15 is 0 Å². The summed E-state index contributed by atoms with van der Waals surface area (Å²) >= 11 is -0.178. The van der Waals surface area contributed by atoms with Crippen LogP contribution in [0.15, 0.2) is 0 Å². The molecule has 1 radical (unpaired) electrons. The lowest BCUT2D eigenvalue weighted by Crippen LogP contribution is -2.02. The van der Waals surface area contributed by atoms with Gasteiger partial charge in [-0.25, -0.2) is 0 Å². The van der Waals surface area contributed by atoms with Crippen LogP contribution in [0.1, 0.15) is 13.8 Å². The van der Waals surface area contributed by atoms with Crippen molar-refractivity contribution in [1.29, 1.82) is 0 Å². The van der Waals surface area contributed by atoms with Gasteiger partial charge in [0, 0.05) is 13.2 Å². The molecule has 0 rings (SSSR count). The van der Waals surface area contributed by atoms with Gasteiger partial charge in [0.15, 0.2) is 0 Å². The highest BCUT2D eigenvalue weighted by atomic mass is 27.2. The maximum Gasteiger partial charge on any atom is 0.668 e. The molecule has 0 atom stereocenters. The zero-order valence-corrected chi connectivity index (χ0v) is 6.46. The molecule has 0 aliphatic rings. The van der Waals surface area contributed by atoms with Crippen molar-refractivity contribution in [3.05, 3.63) is 0 Å². The van der Waals surface area contributed by atoms with Crippen LogP contribution in [0.3, 0.4) is 0 Å². The lowest BCUT2D eigenvalue weighted by atomic mass is 10.9. The van der Waals surface area contributed by atoms with E-state index in [0.29, 0.717) is 0 Å². The second-order valence-corrected chi connectivity index (χ2v) is 1.87. The monoisotopic (exact) mass is 135 g/mol. The van der Waals surface area contributed by atoms with Gasteiger partial charge in [0.05, 0.1) is 0 Å². The molecule has 0 amide bonds. The Morgan fingerprint density at radius 3 is 1.75 bits per heavy atom. The SMILES string of the molecule is CC[O][Al][O]CC.O. The summed E-state index contributed by atoms with van der Waals surface area (Å²) in [6.07, 6.45) is 0. The zero-order valence-electron chi connectivity index (χ0n) is 5.31. The summed E-state index contributed by atoms with van der Waals surface area (Å²) in [7, 11) is 0. The Morgan fingerprint density at radius 2 is 1.50 bits per heavy atom. The van der Waals surface area contributed by atoms with Crippen molar-refractivity contribution < 1.29 is 13.1 Å². The molecule has 3 nitrogen and oxygen atoms in total. The van der Waals surface area contributed by atoms with E-state index in [0.717, 1.165) is 13.2 Å². The number of hydrogen-bond acceptors (Lipinski definition) is 2. The Labute approximate surface area is 56.7 Å². The molecule has 4 heteroatoms. The van der Waals surface area contributed by atoms with Gasteiger partial charge < -0.3 is 13.1 Å². The largest absolute Gasteiger partial charge is 0.668 e. The van der Waals surface area contributed by atoms with Crippen LogP contribution in [0.25, 0.3) is 0 Å². The molecule has 0 aliphatic heterocycles. The van der Waals surface area contributed by atoms with Crippen LogP contribution in [-0.2, 0) is 7.58 Å². The van der Waals surface area contributed by atoms with Gasteiger partial charge in [0.25, 0.3) is 0 Å². The molecule has 2 N–H and O–H groups in total. The summed E-state index contributed by atoms with van der Waals surface area (Å²) in [5.74, 6) is 0. The van der Waals surface area contributed by atoms with Crippen molar-refractivity contribution in [2.75, 3.05) is 13.2 Å². The molecule has 0 aromatic heterocycles. The summed E-state index contributed by atoms with van der Waals surface area (Å²) < 4.78 is 9.87. The van der Waals surface area contributed by atoms with Gasteiger partial charge in [-0.05, 0) is 13.8 Å². The molecule has 8 heavy (non-hydrogen) atoms. The predicted octanol–water partition coefficient (Wildman–Crippen LogP) is -0.231. The second kappa shape index (κ2) is 10.4. The normalized spacial score (nSPS) is 7.75. The Bertz CT molecular complexity index is 30.5. The smallest absolute Gasteiger partial charge is 0.484 e. The second-order valence-electron chi connectivity index (χ2n) is 1.01. The average Bonchev–Trinajstić information content (AvgIpc) is 1.69. The summed E-state index contributed by atoms with van der Waals surface area (Å²) in [5.41, 5.74) is 0. The van der Waals surface area contributed by atoms with Gasteiger partial charge in [-0.3, -0.25) is 0 Å². The fourth-order valence-electron chi connectivity index (χ4n) is 0.184. The van der Waals surface area contributed by atoms with Crippen LogP contribution in [0.2, 0.25) is 0 Å². The highest BCUT2D eigenvalue weighted by Crippen LogP contribution is 1.70. The van der Waals surface area contributed by atoms with Crippen molar-refractivity contribution in [1.82, 2.24) is 0 Å². The van der Waals surface area contributed by atoms with Crippen molar-refractivity contribution in [3.8, 4) is 0 Å². The van der Waals surface area contributed by atoms with E-state index in [1.54, 1.807) is 0 Å². The third-order valence-corrected chi connectivity index (χ3v) is 1.41. The third-order valence-electron chi connectivity index (χ3n) is 0.469. The molecule has 0 unspecified atom stereocenters. The Hall–Kier alpha value is 0.412. The van der Waals surface area contributed by atoms with E-state index < -0.39 is 0 Å².